The fraction of sp³-hybridized carbons (Fsp3) is 0.548. The zero-order valence-corrected chi connectivity index (χ0v) is 31.6. The average Bonchev–Trinajstić information content (AvgIpc) is 3.76. The van der Waals surface area contributed by atoms with Gasteiger partial charge in [0.05, 0.1) is 34.5 Å². The van der Waals surface area contributed by atoms with Crippen molar-refractivity contribution >= 4 is 28.2 Å². The standard InChI is InChI=1S/C42H52F2N6O4/c1-6-31-33(44)11-10-27-20-30(51)21-35(37(27)31)49-19-14-32-34(24-49)46-39(47-38(32)45-25-42(15-8-9-16-42)48(5)36(52)7-2)54-26-40(3)22-28(43)23-50(40)29-12-17-41(4,53)18-13-29/h1,7,10-11,20-21,28-29,51,53H,2,8-9,12-19,22-26H2,3-5H3,(H,45,46,47)/t28-,29?,40+,41?/m1/s1. The van der Waals surface area contributed by atoms with Gasteiger partial charge in [-0.25, -0.2) is 8.78 Å². The van der Waals surface area contributed by atoms with Gasteiger partial charge in [0.2, 0.25) is 5.91 Å². The van der Waals surface area contributed by atoms with Crippen LogP contribution in [0.3, 0.4) is 0 Å². The number of aromatic nitrogens is 2. The Bertz CT molecular complexity index is 1970. The normalized spacial score (nSPS) is 26.6. The molecule has 0 spiro atoms. The lowest BCUT2D eigenvalue weighted by Crippen LogP contribution is -2.53. The summed E-state index contributed by atoms with van der Waals surface area (Å²) in [6, 6.07) is 6.40. The van der Waals surface area contributed by atoms with Crippen LogP contribution < -0.4 is 15.0 Å². The van der Waals surface area contributed by atoms with Crippen LogP contribution in [0.15, 0.2) is 36.9 Å². The van der Waals surface area contributed by atoms with Crippen LogP contribution in [0.1, 0.15) is 88.5 Å². The fourth-order valence-electron chi connectivity index (χ4n) is 9.48. The van der Waals surface area contributed by atoms with E-state index in [9.17, 15) is 19.4 Å². The molecule has 3 aromatic rings. The molecule has 0 unspecified atom stereocenters. The van der Waals surface area contributed by atoms with Crippen LogP contribution in [0.4, 0.5) is 20.3 Å². The van der Waals surface area contributed by atoms with E-state index in [2.05, 4.69) is 22.7 Å². The molecule has 2 atom stereocenters. The Morgan fingerprint density at radius 1 is 1.20 bits per heavy atom. The van der Waals surface area contributed by atoms with E-state index < -0.39 is 28.7 Å². The van der Waals surface area contributed by atoms with Crippen molar-refractivity contribution in [3.05, 3.63) is 59.6 Å². The van der Waals surface area contributed by atoms with Gasteiger partial charge in [-0.05, 0) is 82.4 Å². The first-order chi connectivity index (χ1) is 25.7. The average molecular weight is 743 g/mol. The van der Waals surface area contributed by atoms with Crippen molar-refractivity contribution in [2.75, 3.05) is 43.5 Å². The minimum Gasteiger partial charge on any atom is -0.508 e. The number of nitrogens with zero attached hydrogens (tertiary/aromatic N) is 5. The highest BCUT2D eigenvalue weighted by Crippen LogP contribution is 2.42. The molecule has 0 radical (unpaired) electrons. The maximum absolute atomic E-state index is 15.2. The van der Waals surface area contributed by atoms with Crippen molar-refractivity contribution < 1.29 is 28.5 Å². The van der Waals surface area contributed by atoms with Gasteiger partial charge in [0.1, 0.15) is 30.2 Å². The molecule has 1 aromatic heterocycles. The second-order valence-electron chi connectivity index (χ2n) is 16.4. The Hall–Kier alpha value is -4.47. The van der Waals surface area contributed by atoms with Crippen LogP contribution in [0.2, 0.25) is 0 Å². The Balaban J connectivity index is 1.22. The zero-order valence-electron chi connectivity index (χ0n) is 31.6. The molecule has 3 N–H and O–H groups in total. The van der Waals surface area contributed by atoms with Gasteiger partial charge in [-0.1, -0.05) is 31.4 Å². The first-order valence-corrected chi connectivity index (χ1v) is 19.2. The number of amides is 1. The van der Waals surface area contributed by atoms with Crippen molar-refractivity contribution in [2.45, 2.75) is 113 Å². The molecular formula is C42H52F2N6O4. The Labute approximate surface area is 316 Å². The Morgan fingerprint density at radius 2 is 1.94 bits per heavy atom. The number of aromatic hydroxyl groups is 1. The first-order valence-electron chi connectivity index (χ1n) is 19.2. The van der Waals surface area contributed by atoms with E-state index in [0.717, 1.165) is 44.1 Å². The number of rotatable bonds is 10. The highest BCUT2D eigenvalue weighted by molar-refractivity contribution is 6.00. The lowest BCUT2D eigenvalue weighted by atomic mass is 9.82. The lowest BCUT2D eigenvalue weighted by Gasteiger charge is -2.44. The molecule has 1 saturated heterocycles. The number of terminal acetylenes is 1. The third kappa shape index (κ3) is 7.20. The van der Waals surface area contributed by atoms with Gasteiger partial charge < -0.3 is 30.1 Å². The number of benzene rings is 2. The molecule has 3 heterocycles. The van der Waals surface area contributed by atoms with Crippen molar-refractivity contribution in [1.29, 1.82) is 0 Å². The lowest BCUT2D eigenvalue weighted by molar-refractivity contribution is -0.129. The number of carbonyl (C=O) groups excluding carboxylic acids is 1. The Kier molecular flexibility index (Phi) is 10.3. The minimum absolute atomic E-state index is 0.0362. The third-order valence-electron chi connectivity index (χ3n) is 12.6. The van der Waals surface area contributed by atoms with Crippen molar-refractivity contribution in [1.82, 2.24) is 19.8 Å². The van der Waals surface area contributed by atoms with Gasteiger partial charge in [-0.3, -0.25) is 9.69 Å². The summed E-state index contributed by atoms with van der Waals surface area (Å²) in [6.07, 6.45) is 13.6. The van der Waals surface area contributed by atoms with E-state index in [4.69, 9.17) is 21.1 Å². The molecule has 54 heavy (non-hydrogen) atoms. The molecule has 12 heteroatoms. The van der Waals surface area contributed by atoms with E-state index in [1.165, 1.54) is 12.1 Å². The number of carbonyl (C=O) groups is 1. The molecule has 7 rings (SSSR count). The predicted octanol–water partition coefficient (Wildman–Crippen LogP) is 6.26. The highest BCUT2D eigenvalue weighted by Gasteiger charge is 2.48. The number of hydrogen-bond acceptors (Lipinski definition) is 9. The second kappa shape index (κ2) is 14.6. The second-order valence-corrected chi connectivity index (χ2v) is 16.4. The van der Waals surface area contributed by atoms with Gasteiger partial charge in [0, 0.05) is 61.8 Å². The van der Waals surface area contributed by atoms with Crippen LogP contribution in [-0.4, -0.2) is 98.1 Å². The summed E-state index contributed by atoms with van der Waals surface area (Å²) in [5.74, 6) is 2.51. The van der Waals surface area contributed by atoms with Crippen LogP contribution in [-0.2, 0) is 17.8 Å². The number of anilines is 2. The summed E-state index contributed by atoms with van der Waals surface area (Å²) >= 11 is 0. The van der Waals surface area contributed by atoms with Crippen molar-refractivity contribution in [2.24, 2.45) is 0 Å². The van der Waals surface area contributed by atoms with E-state index in [0.29, 0.717) is 79.8 Å². The molecule has 288 valence electrons. The quantitative estimate of drug-likeness (QED) is 0.164. The van der Waals surface area contributed by atoms with Gasteiger partial charge in [-0.15, -0.1) is 6.42 Å². The van der Waals surface area contributed by atoms with E-state index in [1.54, 1.807) is 23.1 Å². The number of fused-ring (bicyclic) bond motifs is 2. The van der Waals surface area contributed by atoms with Crippen LogP contribution in [0, 0.1) is 18.2 Å². The van der Waals surface area contributed by atoms with Crippen molar-refractivity contribution in [3.8, 4) is 24.1 Å². The van der Waals surface area contributed by atoms with Crippen LogP contribution in [0.25, 0.3) is 10.8 Å². The molecule has 4 aliphatic rings. The van der Waals surface area contributed by atoms with Gasteiger partial charge >= 0.3 is 6.01 Å². The van der Waals surface area contributed by atoms with Gasteiger partial charge in [0.15, 0.2) is 0 Å². The number of phenolic OH excluding ortho intramolecular Hbond substituents is 1. The van der Waals surface area contributed by atoms with Gasteiger partial charge in [-0.2, -0.15) is 9.97 Å². The van der Waals surface area contributed by atoms with E-state index >= 15 is 4.39 Å². The number of halogens is 2. The largest absolute Gasteiger partial charge is 0.508 e. The van der Waals surface area contributed by atoms with Crippen LogP contribution in [0.5, 0.6) is 11.8 Å². The molecule has 2 aromatic carbocycles. The zero-order chi connectivity index (χ0) is 38.4. The summed E-state index contributed by atoms with van der Waals surface area (Å²) in [5.41, 5.74) is 0.616. The maximum Gasteiger partial charge on any atom is 0.318 e. The monoisotopic (exact) mass is 742 g/mol. The maximum atomic E-state index is 15.2. The fourth-order valence-corrected chi connectivity index (χ4v) is 9.48. The summed E-state index contributed by atoms with van der Waals surface area (Å²) in [7, 11) is 1.82. The smallest absolute Gasteiger partial charge is 0.318 e. The molecule has 1 amide bonds. The van der Waals surface area contributed by atoms with E-state index in [1.807, 2.05) is 25.8 Å². The summed E-state index contributed by atoms with van der Waals surface area (Å²) in [4.78, 5) is 28.7. The van der Waals surface area contributed by atoms with Crippen LogP contribution >= 0.6 is 0 Å². The summed E-state index contributed by atoms with van der Waals surface area (Å²) in [6.45, 7) is 9.39. The molecule has 2 aliphatic carbocycles. The first kappa shape index (κ1) is 37.8. The number of hydrogen-bond donors (Lipinski definition) is 3. The number of alkyl halides is 1. The SMILES string of the molecule is C#Cc1c(F)ccc2cc(O)cc(N3CCc4c(nc(OC[C@]5(C)C[C@@H](F)CN5C5CCC(C)(O)CC5)nc4NCC4(N(C)C(=O)C=C)CCCC4)C3)c12. The highest BCUT2D eigenvalue weighted by atomic mass is 19.1. The predicted molar refractivity (Wildman–Crippen MR) is 206 cm³/mol. The van der Waals surface area contributed by atoms with Gasteiger partial charge in [0.25, 0.3) is 0 Å². The number of nitrogens with one attached hydrogen (secondary N) is 1. The topological polar surface area (TPSA) is 114 Å². The number of likely N-dealkylation sites (tertiary alicyclic amines) is 1. The number of phenols is 1. The summed E-state index contributed by atoms with van der Waals surface area (Å²) in [5, 5.41) is 26.1. The van der Waals surface area contributed by atoms with Crippen molar-refractivity contribution in [3.63, 3.8) is 0 Å². The van der Waals surface area contributed by atoms with E-state index in [-0.39, 0.29) is 35.9 Å². The summed E-state index contributed by atoms with van der Waals surface area (Å²) < 4.78 is 36.6. The molecule has 0 bridgehead atoms. The number of aliphatic hydroxyl groups is 1. The molecular weight excluding hydrogens is 690 g/mol. The number of ether oxygens (including phenoxy) is 1. The molecule has 3 fully saturated rings. The number of likely N-dealkylation sites (N-methyl/N-ethyl adjacent to an activating group) is 1. The molecule has 10 nitrogen and oxygen atoms in total. The molecule has 2 aliphatic heterocycles. The molecule has 2 saturated carbocycles. The minimum atomic E-state index is -0.996. The third-order valence-corrected chi connectivity index (χ3v) is 12.6. The Morgan fingerprint density at radius 3 is 2.65 bits per heavy atom.